The summed E-state index contributed by atoms with van der Waals surface area (Å²) in [6, 6.07) is 11.1. The van der Waals surface area contributed by atoms with Crippen LogP contribution in [-0.2, 0) is 13.1 Å². The second-order valence-electron chi connectivity index (χ2n) is 6.22. The van der Waals surface area contributed by atoms with Crippen molar-refractivity contribution < 1.29 is 22.8 Å². The van der Waals surface area contributed by atoms with Gasteiger partial charge in [0.2, 0.25) is 0 Å². The third-order valence-electron chi connectivity index (χ3n) is 3.89. The predicted molar refractivity (Wildman–Crippen MR) is 103 cm³/mol. The molecule has 0 aliphatic rings. The van der Waals surface area contributed by atoms with Crippen LogP contribution in [0.4, 0.5) is 18.9 Å². The van der Waals surface area contributed by atoms with Crippen molar-refractivity contribution >= 4 is 11.6 Å². The maximum absolute atomic E-state index is 12.5. The van der Waals surface area contributed by atoms with Gasteiger partial charge in [-0.2, -0.15) is 13.2 Å². The lowest BCUT2D eigenvalue weighted by molar-refractivity contribution is -0.384. The molecule has 0 aromatic heterocycles. The molecular formula is C19H21F3N4O3. The molecule has 156 valence electrons. The number of hydrogen-bond acceptors (Lipinski definition) is 4. The Hall–Kier alpha value is -3.30. The van der Waals surface area contributed by atoms with Crippen molar-refractivity contribution in [2.24, 2.45) is 4.99 Å². The van der Waals surface area contributed by atoms with E-state index in [9.17, 15) is 23.3 Å². The summed E-state index contributed by atoms with van der Waals surface area (Å²) in [6.45, 7) is 0.968. The first-order chi connectivity index (χ1) is 13.7. The minimum absolute atomic E-state index is 0.00187. The van der Waals surface area contributed by atoms with Crippen LogP contribution in [0.15, 0.2) is 47.5 Å². The number of aryl methyl sites for hydroxylation is 1. The third-order valence-corrected chi connectivity index (χ3v) is 3.89. The number of rotatable bonds is 7. The van der Waals surface area contributed by atoms with E-state index in [-0.39, 0.29) is 18.0 Å². The summed E-state index contributed by atoms with van der Waals surface area (Å²) < 4.78 is 42.3. The van der Waals surface area contributed by atoms with Crippen LogP contribution >= 0.6 is 0 Å². The van der Waals surface area contributed by atoms with Crippen molar-refractivity contribution in [3.05, 3.63) is 69.3 Å². The van der Waals surface area contributed by atoms with Crippen molar-refractivity contribution in [1.82, 2.24) is 10.6 Å². The summed E-state index contributed by atoms with van der Waals surface area (Å²) in [4.78, 5) is 14.3. The molecule has 0 heterocycles. The second-order valence-corrected chi connectivity index (χ2v) is 6.22. The number of hydrogen-bond donors (Lipinski definition) is 2. The van der Waals surface area contributed by atoms with E-state index in [0.29, 0.717) is 18.1 Å². The van der Waals surface area contributed by atoms with Gasteiger partial charge in [0.25, 0.3) is 5.69 Å². The van der Waals surface area contributed by atoms with Crippen molar-refractivity contribution in [3.63, 3.8) is 0 Å². The Morgan fingerprint density at radius 1 is 1.14 bits per heavy atom. The molecule has 0 unspecified atom stereocenters. The number of alkyl halides is 3. The van der Waals surface area contributed by atoms with Gasteiger partial charge in [-0.3, -0.25) is 15.1 Å². The van der Waals surface area contributed by atoms with Crippen molar-refractivity contribution in [3.8, 4) is 5.75 Å². The highest BCUT2D eigenvalue weighted by Crippen LogP contribution is 2.23. The van der Waals surface area contributed by atoms with Crippen molar-refractivity contribution in [1.29, 1.82) is 0 Å². The van der Waals surface area contributed by atoms with Gasteiger partial charge in [-0.25, -0.2) is 0 Å². The SMILES string of the molecule is CN=C(NCc1ccc([N+](=O)[O-])cc1)NCc1ccc(C)cc1OCC(F)(F)F. The van der Waals surface area contributed by atoms with Crippen LogP contribution in [0.2, 0.25) is 0 Å². The molecule has 29 heavy (non-hydrogen) atoms. The molecule has 0 atom stereocenters. The van der Waals surface area contributed by atoms with E-state index < -0.39 is 17.7 Å². The van der Waals surface area contributed by atoms with Gasteiger partial charge in [-0.15, -0.1) is 0 Å². The summed E-state index contributed by atoms with van der Waals surface area (Å²) in [7, 11) is 1.56. The van der Waals surface area contributed by atoms with Crippen LogP contribution in [0.25, 0.3) is 0 Å². The maximum Gasteiger partial charge on any atom is 0.422 e. The lowest BCUT2D eigenvalue weighted by Gasteiger charge is -2.16. The van der Waals surface area contributed by atoms with Crippen LogP contribution in [0.5, 0.6) is 5.75 Å². The monoisotopic (exact) mass is 410 g/mol. The molecule has 7 nitrogen and oxygen atoms in total. The predicted octanol–water partition coefficient (Wildman–Crippen LogP) is 3.71. The molecule has 0 saturated heterocycles. The summed E-state index contributed by atoms with van der Waals surface area (Å²) in [5, 5.41) is 16.7. The molecular weight excluding hydrogens is 389 g/mol. The number of nitrogens with zero attached hydrogens (tertiary/aromatic N) is 2. The third kappa shape index (κ3) is 7.32. The van der Waals surface area contributed by atoms with Crippen molar-refractivity contribution in [2.45, 2.75) is 26.2 Å². The van der Waals surface area contributed by atoms with Crippen LogP contribution in [0.3, 0.4) is 0 Å². The summed E-state index contributed by atoms with van der Waals surface area (Å²) in [6.07, 6.45) is -4.42. The highest BCUT2D eigenvalue weighted by atomic mass is 19.4. The van der Waals surface area contributed by atoms with Gasteiger partial charge < -0.3 is 15.4 Å². The van der Waals surface area contributed by atoms with Crippen molar-refractivity contribution in [2.75, 3.05) is 13.7 Å². The summed E-state index contributed by atoms with van der Waals surface area (Å²) in [5.74, 6) is 0.575. The van der Waals surface area contributed by atoms with E-state index in [0.717, 1.165) is 11.1 Å². The number of non-ortho nitro benzene ring substituents is 1. The zero-order chi connectivity index (χ0) is 21.4. The summed E-state index contributed by atoms with van der Waals surface area (Å²) in [5.41, 5.74) is 2.15. The summed E-state index contributed by atoms with van der Waals surface area (Å²) >= 11 is 0. The van der Waals surface area contributed by atoms with E-state index in [1.165, 1.54) is 12.1 Å². The molecule has 0 aliphatic carbocycles. The average molecular weight is 410 g/mol. The first kappa shape index (κ1) is 22.0. The Morgan fingerprint density at radius 3 is 2.38 bits per heavy atom. The molecule has 0 amide bonds. The van der Waals surface area contributed by atoms with E-state index in [1.807, 2.05) is 0 Å². The molecule has 0 spiro atoms. The molecule has 10 heteroatoms. The van der Waals surface area contributed by atoms with E-state index in [2.05, 4.69) is 15.6 Å². The highest BCUT2D eigenvalue weighted by Gasteiger charge is 2.28. The van der Waals surface area contributed by atoms with Gasteiger partial charge in [0, 0.05) is 37.8 Å². The second kappa shape index (κ2) is 9.76. The van der Waals surface area contributed by atoms with E-state index in [1.54, 1.807) is 44.3 Å². The van der Waals surface area contributed by atoms with Crippen LogP contribution in [0, 0.1) is 17.0 Å². The molecule has 0 saturated carbocycles. The zero-order valence-electron chi connectivity index (χ0n) is 15.9. The fourth-order valence-electron chi connectivity index (χ4n) is 2.42. The van der Waals surface area contributed by atoms with E-state index >= 15 is 0 Å². The topological polar surface area (TPSA) is 88.8 Å². The Bertz CT molecular complexity index is 868. The maximum atomic E-state index is 12.5. The molecule has 2 rings (SSSR count). The standard InChI is InChI=1S/C19H21F3N4O3/c1-13-3-6-15(17(9-13)29-12-19(20,21)22)11-25-18(23-2)24-10-14-4-7-16(8-5-14)26(27)28/h3-9H,10-12H2,1-2H3,(H2,23,24,25). The number of aliphatic imine (C=N–C) groups is 1. The Kier molecular flexibility index (Phi) is 7.40. The molecule has 0 radical (unpaired) electrons. The molecule has 0 bridgehead atoms. The Morgan fingerprint density at radius 2 is 1.79 bits per heavy atom. The molecule has 0 fully saturated rings. The number of guanidine groups is 1. The quantitative estimate of drug-likeness (QED) is 0.314. The molecule has 2 aromatic rings. The Balaban J connectivity index is 1.95. The van der Waals surface area contributed by atoms with Crippen LogP contribution in [-0.4, -0.2) is 30.7 Å². The largest absolute Gasteiger partial charge is 0.484 e. The first-order valence-corrected chi connectivity index (χ1v) is 8.65. The molecule has 2 N–H and O–H groups in total. The number of nitro groups is 1. The number of nitrogens with one attached hydrogen (secondary N) is 2. The normalized spacial score (nSPS) is 11.8. The number of benzene rings is 2. The fourth-order valence-corrected chi connectivity index (χ4v) is 2.42. The number of ether oxygens (including phenoxy) is 1. The van der Waals surface area contributed by atoms with Gasteiger partial charge in [0.15, 0.2) is 12.6 Å². The minimum atomic E-state index is -4.42. The first-order valence-electron chi connectivity index (χ1n) is 8.65. The average Bonchev–Trinajstić information content (AvgIpc) is 2.67. The van der Waals surface area contributed by atoms with Gasteiger partial charge in [-0.05, 0) is 24.1 Å². The fraction of sp³-hybridized carbons (Fsp3) is 0.316. The van der Waals surface area contributed by atoms with E-state index in [4.69, 9.17) is 4.74 Å². The lowest BCUT2D eigenvalue weighted by atomic mass is 10.1. The van der Waals surface area contributed by atoms with Crippen LogP contribution < -0.4 is 15.4 Å². The zero-order valence-corrected chi connectivity index (χ0v) is 15.9. The molecule has 0 aliphatic heterocycles. The minimum Gasteiger partial charge on any atom is -0.484 e. The molecule has 2 aromatic carbocycles. The number of halogens is 3. The Labute approximate surface area is 165 Å². The van der Waals surface area contributed by atoms with Gasteiger partial charge in [0.05, 0.1) is 4.92 Å². The van der Waals surface area contributed by atoms with Gasteiger partial charge in [0.1, 0.15) is 5.75 Å². The van der Waals surface area contributed by atoms with Crippen LogP contribution in [0.1, 0.15) is 16.7 Å². The lowest BCUT2D eigenvalue weighted by Crippen LogP contribution is -2.36. The number of nitro benzene ring substituents is 1. The van der Waals surface area contributed by atoms with Gasteiger partial charge >= 0.3 is 6.18 Å². The smallest absolute Gasteiger partial charge is 0.422 e. The highest BCUT2D eigenvalue weighted by molar-refractivity contribution is 5.79. The van der Waals surface area contributed by atoms with Gasteiger partial charge in [-0.1, -0.05) is 24.3 Å².